The molecule has 0 aliphatic carbocycles. The highest BCUT2D eigenvalue weighted by atomic mass is 16.6. The Hall–Kier alpha value is -3.22. The molecule has 0 saturated heterocycles. The van der Waals surface area contributed by atoms with Crippen LogP contribution in [-0.4, -0.2) is 38.2 Å². The smallest absolute Gasteiger partial charge is 0.313 e. The number of nitrogens with one attached hydrogen (secondary N) is 2. The van der Waals surface area contributed by atoms with Gasteiger partial charge in [0.1, 0.15) is 18.5 Å². The molecule has 130 valence electrons. The summed E-state index contributed by atoms with van der Waals surface area (Å²) in [5, 5.41) is 5.06. The van der Waals surface area contributed by atoms with Crippen LogP contribution in [0.25, 0.3) is 0 Å². The summed E-state index contributed by atoms with van der Waals surface area (Å²) in [6, 6.07) is 14.0. The summed E-state index contributed by atoms with van der Waals surface area (Å²) >= 11 is 0. The van der Waals surface area contributed by atoms with Gasteiger partial charge in [-0.1, -0.05) is 12.1 Å². The molecule has 1 aliphatic rings. The Morgan fingerprint density at radius 3 is 2.52 bits per heavy atom. The monoisotopic (exact) mass is 342 g/mol. The first kappa shape index (κ1) is 16.6. The molecule has 2 aromatic carbocycles. The van der Waals surface area contributed by atoms with Crippen molar-refractivity contribution in [2.75, 3.05) is 25.6 Å². The lowest BCUT2D eigenvalue weighted by molar-refractivity contribution is -0.136. The Bertz CT molecular complexity index is 760. The summed E-state index contributed by atoms with van der Waals surface area (Å²) in [4.78, 5) is 23.8. The number of methoxy groups -OCH3 is 1. The van der Waals surface area contributed by atoms with Crippen LogP contribution >= 0.6 is 0 Å². The third-order valence-corrected chi connectivity index (χ3v) is 3.61. The van der Waals surface area contributed by atoms with Gasteiger partial charge in [-0.25, -0.2) is 0 Å². The average molecular weight is 342 g/mol. The van der Waals surface area contributed by atoms with Crippen LogP contribution in [0.2, 0.25) is 0 Å². The first-order valence-electron chi connectivity index (χ1n) is 7.77. The number of ether oxygens (including phenoxy) is 3. The zero-order valence-electron chi connectivity index (χ0n) is 13.7. The van der Waals surface area contributed by atoms with Crippen molar-refractivity contribution < 1.29 is 23.8 Å². The molecule has 1 heterocycles. The van der Waals surface area contributed by atoms with E-state index in [9.17, 15) is 9.59 Å². The number of hydrogen-bond donors (Lipinski definition) is 2. The van der Waals surface area contributed by atoms with Crippen molar-refractivity contribution in [2.24, 2.45) is 0 Å². The van der Waals surface area contributed by atoms with E-state index in [1.165, 1.54) is 0 Å². The topological polar surface area (TPSA) is 85.9 Å². The fourth-order valence-corrected chi connectivity index (χ4v) is 2.31. The lowest BCUT2D eigenvalue weighted by atomic mass is 10.2. The van der Waals surface area contributed by atoms with Gasteiger partial charge < -0.3 is 24.8 Å². The number of benzene rings is 2. The second-order valence-electron chi connectivity index (χ2n) is 5.39. The molecule has 0 bridgehead atoms. The minimum atomic E-state index is -0.748. The highest BCUT2D eigenvalue weighted by Crippen LogP contribution is 2.30. The molecular formula is C18H18N2O5. The Morgan fingerprint density at radius 2 is 1.80 bits per heavy atom. The quantitative estimate of drug-likeness (QED) is 0.824. The summed E-state index contributed by atoms with van der Waals surface area (Å²) in [7, 11) is 1.55. The zero-order valence-corrected chi connectivity index (χ0v) is 13.7. The molecule has 0 spiro atoms. The number of para-hydroxylation sites is 2. The van der Waals surface area contributed by atoms with E-state index in [1.807, 2.05) is 18.2 Å². The van der Waals surface area contributed by atoms with Crippen molar-refractivity contribution in [3.63, 3.8) is 0 Å². The third kappa shape index (κ3) is 4.20. The molecule has 0 aromatic heterocycles. The molecular weight excluding hydrogens is 324 g/mol. The maximum atomic E-state index is 11.9. The van der Waals surface area contributed by atoms with E-state index >= 15 is 0 Å². The van der Waals surface area contributed by atoms with E-state index in [-0.39, 0.29) is 12.6 Å². The lowest BCUT2D eigenvalue weighted by Crippen LogP contribution is -2.44. The van der Waals surface area contributed by atoms with Crippen molar-refractivity contribution >= 4 is 17.5 Å². The van der Waals surface area contributed by atoms with E-state index in [1.54, 1.807) is 37.4 Å². The number of hydrogen-bond acceptors (Lipinski definition) is 5. The van der Waals surface area contributed by atoms with Crippen LogP contribution in [0, 0.1) is 0 Å². The molecule has 7 nitrogen and oxygen atoms in total. The van der Waals surface area contributed by atoms with Gasteiger partial charge in [0.05, 0.1) is 13.7 Å². The number of carbonyl (C=O) groups is 2. The minimum Gasteiger partial charge on any atom is -0.497 e. The summed E-state index contributed by atoms with van der Waals surface area (Å²) in [5.41, 5.74) is 0.507. The van der Waals surface area contributed by atoms with Gasteiger partial charge in [0.2, 0.25) is 0 Å². The molecule has 2 amide bonds. The van der Waals surface area contributed by atoms with Gasteiger partial charge in [-0.2, -0.15) is 0 Å². The predicted octanol–water partition coefficient (Wildman–Crippen LogP) is 1.59. The van der Waals surface area contributed by atoms with E-state index < -0.39 is 11.8 Å². The zero-order chi connectivity index (χ0) is 17.6. The van der Waals surface area contributed by atoms with Crippen LogP contribution in [0.5, 0.6) is 17.2 Å². The van der Waals surface area contributed by atoms with Gasteiger partial charge in [0.25, 0.3) is 0 Å². The number of anilines is 1. The Labute approximate surface area is 144 Å². The number of amides is 2. The summed E-state index contributed by atoms with van der Waals surface area (Å²) in [5.74, 6) is 0.468. The Kier molecular flexibility index (Phi) is 5.03. The van der Waals surface area contributed by atoms with E-state index in [0.717, 1.165) is 0 Å². The van der Waals surface area contributed by atoms with Crippen LogP contribution in [0.15, 0.2) is 48.5 Å². The SMILES string of the molecule is COc1ccc(NC(=O)C(=O)NC[C@@H]2COc3ccccc3O2)cc1. The number of rotatable bonds is 4. The molecule has 1 aliphatic heterocycles. The first-order chi connectivity index (χ1) is 12.2. The minimum absolute atomic E-state index is 0.170. The van der Waals surface area contributed by atoms with Crippen molar-refractivity contribution in [1.82, 2.24) is 5.32 Å². The second-order valence-corrected chi connectivity index (χ2v) is 5.39. The van der Waals surface area contributed by atoms with Crippen LogP contribution in [-0.2, 0) is 9.59 Å². The van der Waals surface area contributed by atoms with E-state index in [4.69, 9.17) is 14.2 Å². The Balaban J connectivity index is 1.48. The summed E-state index contributed by atoms with van der Waals surface area (Å²) in [6.07, 6.45) is -0.354. The van der Waals surface area contributed by atoms with Crippen molar-refractivity contribution in [3.8, 4) is 17.2 Å². The fraction of sp³-hybridized carbons (Fsp3) is 0.222. The van der Waals surface area contributed by atoms with Crippen LogP contribution < -0.4 is 24.8 Å². The maximum absolute atomic E-state index is 11.9. The number of carbonyl (C=O) groups excluding carboxylic acids is 2. The largest absolute Gasteiger partial charge is 0.497 e. The molecule has 0 fully saturated rings. The highest BCUT2D eigenvalue weighted by Gasteiger charge is 2.22. The van der Waals surface area contributed by atoms with E-state index in [0.29, 0.717) is 29.5 Å². The van der Waals surface area contributed by atoms with Gasteiger partial charge in [-0.05, 0) is 36.4 Å². The molecule has 2 N–H and O–H groups in total. The van der Waals surface area contributed by atoms with Crippen molar-refractivity contribution in [1.29, 1.82) is 0 Å². The normalized spacial score (nSPS) is 15.2. The third-order valence-electron chi connectivity index (χ3n) is 3.61. The highest BCUT2D eigenvalue weighted by molar-refractivity contribution is 6.39. The summed E-state index contributed by atoms with van der Waals surface area (Å²) < 4.78 is 16.3. The lowest BCUT2D eigenvalue weighted by Gasteiger charge is -2.26. The van der Waals surface area contributed by atoms with Crippen molar-refractivity contribution in [2.45, 2.75) is 6.10 Å². The average Bonchev–Trinajstić information content (AvgIpc) is 2.66. The van der Waals surface area contributed by atoms with Gasteiger partial charge in [-0.3, -0.25) is 9.59 Å². The first-order valence-corrected chi connectivity index (χ1v) is 7.77. The molecule has 25 heavy (non-hydrogen) atoms. The Morgan fingerprint density at radius 1 is 1.08 bits per heavy atom. The maximum Gasteiger partial charge on any atom is 0.313 e. The van der Waals surface area contributed by atoms with Gasteiger partial charge >= 0.3 is 11.8 Å². The van der Waals surface area contributed by atoms with Crippen LogP contribution in [0.4, 0.5) is 5.69 Å². The van der Waals surface area contributed by atoms with Gasteiger partial charge in [-0.15, -0.1) is 0 Å². The summed E-state index contributed by atoms with van der Waals surface area (Å²) in [6.45, 7) is 0.473. The van der Waals surface area contributed by atoms with Crippen molar-refractivity contribution in [3.05, 3.63) is 48.5 Å². The standard InChI is InChI=1S/C18H18N2O5/c1-23-13-8-6-12(7-9-13)20-18(22)17(21)19-10-14-11-24-15-4-2-3-5-16(15)25-14/h2-9,14H,10-11H2,1H3,(H,19,21)(H,20,22)/t14-/m1/s1. The predicted molar refractivity (Wildman–Crippen MR) is 91.0 cm³/mol. The number of fused-ring (bicyclic) bond motifs is 1. The molecule has 3 rings (SSSR count). The fourth-order valence-electron chi connectivity index (χ4n) is 2.31. The van der Waals surface area contributed by atoms with Gasteiger partial charge in [0, 0.05) is 5.69 Å². The molecule has 2 aromatic rings. The van der Waals surface area contributed by atoms with E-state index in [2.05, 4.69) is 10.6 Å². The molecule has 0 unspecified atom stereocenters. The van der Waals surface area contributed by atoms with Crippen LogP contribution in [0.1, 0.15) is 0 Å². The molecule has 7 heteroatoms. The molecule has 0 saturated carbocycles. The molecule has 1 atom stereocenters. The second kappa shape index (κ2) is 7.57. The van der Waals surface area contributed by atoms with Crippen LogP contribution in [0.3, 0.4) is 0 Å². The molecule has 0 radical (unpaired) electrons. The van der Waals surface area contributed by atoms with Gasteiger partial charge in [0.15, 0.2) is 11.5 Å².